The van der Waals surface area contributed by atoms with Crippen LogP contribution in [0.5, 0.6) is 0 Å². The smallest absolute Gasteiger partial charge is 0.219 e. The second kappa shape index (κ2) is 13.4. The van der Waals surface area contributed by atoms with Crippen molar-refractivity contribution in [2.24, 2.45) is 11.8 Å². The number of hydrogen-bond donors (Lipinski definition) is 4. The van der Waals surface area contributed by atoms with Crippen LogP contribution in [0, 0.1) is 11.8 Å². The van der Waals surface area contributed by atoms with E-state index in [2.05, 4.69) is 5.32 Å². The molecule has 166 valence electrons. The Kier molecular flexibility index (Phi) is 10.8. The molecule has 1 unspecified atom stereocenters. The Balaban J connectivity index is 1.78. The van der Waals surface area contributed by atoms with Crippen LogP contribution in [0.2, 0.25) is 0 Å². The summed E-state index contributed by atoms with van der Waals surface area (Å²) in [7, 11) is 0. The van der Waals surface area contributed by atoms with Gasteiger partial charge in [-0.25, -0.2) is 0 Å². The van der Waals surface area contributed by atoms with E-state index in [0.717, 1.165) is 19.3 Å². The van der Waals surface area contributed by atoms with Gasteiger partial charge in [-0.3, -0.25) is 4.79 Å². The third-order valence-corrected chi connectivity index (χ3v) is 5.77. The number of carbonyl (C=O) groups is 1. The molecule has 5 heteroatoms. The molecule has 0 aromatic heterocycles. The van der Waals surface area contributed by atoms with Gasteiger partial charge in [0.15, 0.2) is 0 Å². The van der Waals surface area contributed by atoms with Gasteiger partial charge >= 0.3 is 0 Å². The Hall–Kier alpha value is -1.95. The number of aryl methyl sites for hydroxylation is 1. The Morgan fingerprint density at radius 3 is 2.70 bits per heavy atom. The fourth-order valence-corrected chi connectivity index (χ4v) is 4.06. The first kappa shape index (κ1) is 24.3. The molecule has 0 spiro atoms. The summed E-state index contributed by atoms with van der Waals surface area (Å²) >= 11 is 0. The molecule has 1 aliphatic carbocycles. The molecular weight excluding hydrogens is 378 g/mol. The van der Waals surface area contributed by atoms with Crippen LogP contribution in [-0.2, 0) is 11.2 Å². The molecule has 30 heavy (non-hydrogen) atoms. The summed E-state index contributed by atoms with van der Waals surface area (Å²) < 4.78 is 0. The van der Waals surface area contributed by atoms with Crippen molar-refractivity contribution in [3.63, 3.8) is 0 Å². The lowest BCUT2D eigenvalue weighted by atomic mass is 9.89. The van der Waals surface area contributed by atoms with Crippen LogP contribution < -0.4 is 5.32 Å². The number of amides is 1. The van der Waals surface area contributed by atoms with Crippen molar-refractivity contribution in [2.45, 2.75) is 70.2 Å². The van der Waals surface area contributed by atoms with Gasteiger partial charge in [0.2, 0.25) is 5.91 Å². The van der Waals surface area contributed by atoms with Crippen LogP contribution in [0.4, 0.5) is 0 Å². The van der Waals surface area contributed by atoms with E-state index in [9.17, 15) is 20.1 Å². The molecule has 1 aliphatic rings. The van der Waals surface area contributed by atoms with E-state index >= 15 is 0 Å². The number of benzene rings is 1. The molecule has 1 aromatic rings. The maximum absolute atomic E-state index is 11.4. The highest BCUT2D eigenvalue weighted by Gasteiger charge is 2.39. The lowest BCUT2D eigenvalue weighted by molar-refractivity contribution is -0.121. The maximum atomic E-state index is 11.4. The van der Waals surface area contributed by atoms with Crippen molar-refractivity contribution in [1.29, 1.82) is 0 Å². The summed E-state index contributed by atoms with van der Waals surface area (Å²) in [6, 6.07) is 10.1. The number of aliphatic hydroxyl groups is 3. The summed E-state index contributed by atoms with van der Waals surface area (Å²) in [4.78, 5) is 11.4. The average molecular weight is 416 g/mol. The second-order valence-corrected chi connectivity index (χ2v) is 8.14. The zero-order chi connectivity index (χ0) is 21.8. The molecule has 1 aromatic carbocycles. The third kappa shape index (κ3) is 8.42. The molecule has 5 atom stereocenters. The van der Waals surface area contributed by atoms with E-state index in [-0.39, 0.29) is 17.7 Å². The summed E-state index contributed by atoms with van der Waals surface area (Å²) in [6.07, 6.45) is 10.6. The highest BCUT2D eigenvalue weighted by atomic mass is 16.3. The lowest BCUT2D eigenvalue weighted by Crippen LogP contribution is -2.21. The fourth-order valence-electron chi connectivity index (χ4n) is 4.06. The molecule has 0 bridgehead atoms. The third-order valence-electron chi connectivity index (χ3n) is 5.77. The summed E-state index contributed by atoms with van der Waals surface area (Å²) in [5, 5.41) is 33.8. The van der Waals surface area contributed by atoms with Crippen molar-refractivity contribution in [2.75, 3.05) is 6.54 Å². The van der Waals surface area contributed by atoms with Crippen molar-refractivity contribution in [3.8, 4) is 0 Å². The Bertz CT molecular complexity index is 673. The van der Waals surface area contributed by atoms with Gasteiger partial charge in [0.25, 0.3) is 0 Å². The topological polar surface area (TPSA) is 89.8 Å². The van der Waals surface area contributed by atoms with Crippen LogP contribution in [0.1, 0.15) is 51.0 Å². The zero-order valence-corrected chi connectivity index (χ0v) is 18.0. The molecule has 0 radical (unpaired) electrons. The largest absolute Gasteiger partial charge is 0.393 e. The van der Waals surface area contributed by atoms with Gasteiger partial charge in [0.1, 0.15) is 0 Å². The molecule has 1 amide bonds. The fraction of sp³-hybridized carbons (Fsp3) is 0.560. The molecular formula is C25H37NO4. The van der Waals surface area contributed by atoms with Gasteiger partial charge in [-0.05, 0) is 50.5 Å². The number of hydrogen-bond acceptors (Lipinski definition) is 4. The van der Waals surface area contributed by atoms with Crippen LogP contribution >= 0.6 is 0 Å². The Labute approximate surface area is 180 Å². The number of rotatable bonds is 12. The first-order valence-electron chi connectivity index (χ1n) is 11.2. The summed E-state index contributed by atoms with van der Waals surface area (Å²) in [5.41, 5.74) is 1.19. The molecule has 0 heterocycles. The molecule has 1 saturated carbocycles. The van der Waals surface area contributed by atoms with Crippen LogP contribution in [0.25, 0.3) is 0 Å². The predicted octanol–water partition coefficient (Wildman–Crippen LogP) is 3.15. The van der Waals surface area contributed by atoms with Gasteiger partial charge in [0, 0.05) is 25.3 Å². The van der Waals surface area contributed by atoms with Crippen molar-refractivity contribution in [1.82, 2.24) is 5.32 Å². The van der Waals surface area contributed by atoms with Crippen LogP contribution in [0.15, 0.2) is 54.6 Å². The predicted molar refractivity (Wildman–Crippen MR) is 120 cm³/mol. The van der Waals surface area contributed by atoms with Crippen molar-refractivity contribution in [3.05, 3.63) is 60.2 Å². The minimum Gasteiger partial charge on any atom is -0.393 e. The van der Waals surface area contributed by atoms with E-state index in [1.807, 2.05) is 55.5 Å². The number of nitrogens with one attached hydrogen (secondary N) is 1. The average Bonchev–Trinajstić information content (AvgIpc) is 3.00. The van der Waals surface area contributed by atoms with Crippen LogP contribution in [0.3, 0.4) is 0 Å². The van der Waals surface area contributed by atoms with Gasteiger partial charge < -0.3 is 20.6 Å². The number of carbonyl (C=O) groups excluding carboxylic acids is 1. The van der Waals surface area contributed by atoms with E-state index in [0.29, 0.717) is 32.2 Å². The first-order chi connectivity index (χ1) is 14.5. The molecule has 4 N–H and O–H groups in total. The van der Waals surface area contributed by atoms with E-state index in [1.54, 1.807) is 6.08 Å². The van der Waals surface area contributed by atoms with Crippen LogP contribution in [-0.4, -0.2) is 46.1 Å². The minimum absolute atomic E-state index is 0.0581. The summed E-state index contributed by atoms with van der Waals surface area (Å²) in [5.74, 6) is -0.139. The number of aliphatic hydroxyl groups excluding tert-OH is 3. The Morgan fingerprint density at radius 1 is 1.20 bits per heavy atom. The molecule has 0 saturated heterocycles. The van der Waals surface area contributed by atoms with E-state index in [4.69, 9.17) is 0 Å². The molecule has 1 fully saturated rings. The second-order valence-electron chi connectivity index (χ2n) is 8.14. The van der Waals surface area contributed by atoms with Crippen molar-refractivity contribution < 1.29 is 20.1 Å². The molecule has 5 nitrogen and oxygen atoms in total. The van der Waals surface area contributed by atoms with Gasteiger partial charge in [-0.15, -0.1) is 0 Å². The highest BCUT2D eigenvalue weighted by molar-refractivity contribution is 5.75. The monoisotopic (exact) mass is 415 g/mol. The first-order valence-corrected chi connectivity index (χ1v) is 11.2. The standard InChI is InChI=1S/C25H37NO4/c1-2-26-25(30)13-9-4-3-8-12-21-22(24(29)18-23(21)28)17-16-20(27)15-14-19-10-6-5-7-11-19/h3,5-8,10-11,16-17,20-24,27-29H,2,4,9,12-15,18H2,1H3,(H,26,30)/t20?,21-,22+,23+,24+/m1/s1. The SMILES string of the molecule is CCNC(=O)CCCC=CC[C@@H]1[C@H](C=CC(O)CCc2ccccc2)[C@@H](O)C[C@@H]1O. The highest BCUT2D eigenvalue weighted by Crippen LogP contribution is 2.36. The Morgan fingerprint density at radius 2 is 1.97 bits per heavy atom. The maximum Gasteiger partial charge on any atom is 0.219 e. The van der Waals surface area contributed by atoms with Gasteiger partial charge in [0.05, 0.1) is 18.3 Å². The minimum atomic E-state index is -0.589. The number of allylic oxidation sites excluding steroid dienone is 2. The quantitative estimate of drug-likeness (QED) is 0.312. The van der Waals surface area contributed by atoms with Crippen molar-refractivity contribution >= 4 is 5.91 Å². The zero-order valence-electron chi connectivity index (χ0n) is 18.0. The van der Waals surface area contributed by atoms with E-state index < -0.39 is 18.3 Å². The molecule has 0 aliphatic heterocycles. The number of unbranched alkanes of at least 4 members (excludes halogenated alkanes) is 1. The van der Waals surface area contributed by atoms with Gasteiger partial charge in [-0.1, -0.05) is 54.6 Å². The van der Waals surface area contributed by atoms with E-state index in [1.165, 1.54) is 5.56 Å². The lowest BCUT2D eigenvalue weighted by Gasteiger charge is -2.19. The summed E-state index contributed by atoms with van der Waals surface area (Å²) in [6.45, 7) is 2.57. The molecule has 2 rings (SSSR count). The normalized spacial score (nSPS) is 25.2. The van der Waals surface area contributed by atoms with Gasteiger partial charge in [-0.2, -0.15) is 0 Å².